The number of hydrogen-bond donors (Lipinski definition) is 4. The van der Waals surface area contributed by atoms with Crippen LogP contribution >= 0.6 is 0 Å². The van der Waals surface area contributed by atoms with E-state index < -0.39 is 6.03 Å². The minimum atomic E-state index is -0.574. The summed E-state index contributed by atoms with van der Waals surface area (Å²) < 4.78 is 0. The van der Waals surface area contributed by atoms with E-state index in [9.17, 15) is 4.79 Å². The number of nitrogens with two attached hydrogens (primary N) is 2. The first-order valence-electron chi connectivity index (χ1n) is 3.54. The minimum absolute atomic E-state index is 0.262. The van der Waals surface area contributed by atoms with E-state index in [1.54, 1.807) is 12.3 Å². The van der Waals surface area contributed by atoms with Crippen LogP contribution in [0.1, 0.15) is 5.69 Å². The van der Waals surface area contributed by atoms with E-state index >= 15 is 0 Å². The van der Waals surface area contributed by atoms with Crippen molar-refractivity contribution < 1.29 is 4.79 Å². The van der Waals surface area contributed by atoms with Crippen molar-refractivity contribution in [1.82, 2.24) is 15.5 Å². The molecule has 0 fully saturated rings. The Labute approximate surface area is 74.2 Å². The van der Waals surface area contributed by atoms with Crippen LogP contribution < -0.4 is 16.8 Å². The van der Waals surface area contributed by atoms with Gasteiger partial charge in [0.2, 0.25) is 0 Å². The lowest BCUT2D eigenvalue weighted by Crippen LogP contribution is -2.28. The maximum absolute atomic E-state index is 10.9. The zero-order valence-corrected chi connectivity index (χ0v) is 6.82. The summed E-state index contributed by atoms with van der Waals surface area (Å²) in [6.07, 6.45) is 1.59. The molecule has 70 valence electrons. The predicted octanol–water partition coefficient (Wildman–Crippen LogP) is -1.11. The Morgan fingerprint density at radius 3 is 3.00 bits per heavy atom. The summed E-state index contributed by atoms with van der Waals surface area (Å²) in [5, 5.41) is 8.83. The average molecular weight is 182 g/mol. The molecule has 0 spiro atoms. The van der Waals surface area contributed by atoms with Crippen molar-refractivity contribution in [2.45, 2.75) is 6.54 Å². The van der Waals surface area contributed by atoms with E-state index in [0.29, 0.717) is 6.54 Å². The number of aromatic nitrogens is 2. The summed E-state index contributed by atoms with van der Waals surface area (Å²) in [5.74, 6) is -0.262. The van der Waals surface area contributed by atoms with Crippen molar-refractivity contribution in [2.75, 3.05) is 0 Å². The van der Waals surface area contributed by atoms with Gasteiger partial charge < -0.3 is 16.8 Å². The second-order valence-corrected chi connectivity index (χ2v) is 2.28. The van der Waals surface area contributed by atoms with Crippen LogP contribution in [0.25, 0.3) is 0 Å². The Balaban J connectivity index is 2.35. The molecule has 0 aliphatic heterocycles. The van der Waals surface area contributed by atoms with Crippen molar-refractivity contribution in [3.05, 3.63) is 18.0 Å². The lowest BCUT2D eigenvalue weighted by atomic mass is 10.4. The Morgan fingerprint density at radius 2 is 2.46 bits per heavy atom. The van der Waals surface area contributed by atoms with Crippen LogP contribution in [0.3, 0.4) is 0 Å². The van der Waals surface area contributed by atoms with Crippen LogP contribution in [-0.4, -0.2) is 22.2 Å². The van der Waals surface area contributed by atoms with Crippen molar-refractivity contribution >= 4 is 12.0 Å². The molecule has 1 aromatic heterocycles. The molecule has 0 aliphatic carbocycles. The van der Waals surface area contributed by atoms with Gasteiger partial charge >= 0.3 is 6.03 Å². The molecule has 13 heavy (non-hydrogen) atoms. The van der Waals surface area contributed by atoms with Gasteiger partial charge in [-0.2, -0.15) is 10.1 Å². The van der Waals surface area contributed by atoms with Crippen molar-refractivity contribution in [1.29, 1.82) is 0 Å². The molecule has 0 saturated carbocycles. The van der Waals surface area contributed by atoms with E-state index in [1.165, 1.54) is 0 Å². The standard InChI is InChI=1S/C6H10N6O/c7-5(8)11-6(13)9-3-4-1-2-10-12-4/h1-2H,3H2,(H,10,12)(H5,7,8,9,11,13). The first-order valence-corrected chi connectivity index (χ1v) is 3.54. The average Bonchev–Trinajstić information content (AvgIpc) is 2.51. The number of guanidine groups is 1. The van der Waals surface area contributed by atoms with Crippen LogP contribution in [0.5, 0.6) is 0 Å². The van der Waals surface area contributed by atoms with Gasteiger partial charge in [0.25, 0.3) is 0 Å². The maximum atomic E-state index is 10.9. The second kappa shape index (κ2) is 4.10. The summed E-state index contributed by atoms with van der Waals surface area (Å²) >= 11 is 0. The van der Waals surface area contributed by atoms with E-state index in [4.69, 9.17) is 11.5 Å². The highest BCUT2D eigenvalue weighted by Gasteiger charge is 1.98. The van der Waals surface area contributed by atoms with E-state index in [0.717, 1.165) is 5.69 Å². The third-order valence-electron chi connectivity index (χ3n) is 1.22. The molecule has 0 bridgehead atoms. The van der Waals surface area contributed by atoms with Crippen LogP contribution in [0.2, 0.25) is 0 Å². The topological polar surface area (TPSA) is 122 Å². The molecule has 0 aromatic carbocycles. The second-order valence-electron chi connectivity index (χ2n) is 2.28. The lowest BCUT2D eigenvalue weighted by Gasteiger charge is -1.97. The Hall–Kier alpha value is -2.05. The van der Waals surface area contributed by atoms with Crippen LogP contribution in [0, 0.1) is 0 Å². The van der Waals surface area contributed by atoms with Crippen LogP contribution in [0.4, 0.5) is 4.79 Å². The zero-order valence-electron chi connectivity index (χ0n) is 6.82. The number of aromatic amines is 1. The number of amides is 2. The summed E-state index contributed by atoms with van der Waals surface area (Å²) in [6, 6.07) is 1.16. The normalized spacial score (nSPS) is 9.23. The molecule has 0 radical (unpaired) electrons. The van der Waals surface area contributed by atoms with Gasteiger partial charge in [0.1, 0.15) is 0 Å². The fourth-order valence-electron chi connectivity index (χ4n) is 0.711. The third kappa shape index (κ3) is 3.23. The van der Waals surface area contributed by atoms with Gasteiger partial charge in [-0.3, -0.25) is 5.10 Å². The number of urea groups is 1. The molecule has 0 saturated heterocycles. The fourth-order valence-corrected chi connectivity index (χ4v) is 0.711. The number of nitrogens with zero attached hydrogens (tertiary/aromatic N) is 2. The van der Waals surface area contributed by atoms with E-state index in [1.807, 2.05) is 0 Å². The molecule has 1 heterocycles. The van der Waals surface area contributed by atoms with Crippen molar-refractivity contribution in [3.8, 4) is 0 Å². The Kier molecular flexibility index (Phi) is 2.85. The first-order chi connectivity index (χ1) is 6.18. The third-order valence-corrected chi connectivity index (χ3v) is 1.22. The number of hydrogen-bond acceptors (Lipinski definition) is 2. The molecule has 2 amide bonds. The lowest BCUT2D eigenvalue weighted by molar-refractivity contribution is 0.249. The van der Waals surface area contributed by atoms with Crippen molar-refractivity contribution in [3.63, 3.8) is 0 Å². The number of nitrogens with one attached hydrogen (secondary N) is 2. The van der Waals surface area contributed by atoms with Crippen LogP contribution in [-0.2, 0) is 6.54 Å². The quantitative estimate of drug-likeness (QED) is 0.342. The van der Waals surface area contributed by atoms with Gasteiger partial charge in [-0.1, -0.05) is 0 Å². The highest BCUT2D eigenvalue weighted by Crippen LogP contribution is 1.89. The summed E-state index contributed by atoms with van der Waals surface area (Å²) in [4.78, 5) is 14.1. The molecule has 7 nitrogen and oxygen atoms in total. The number of H-pyrrole nitrogens is 1. The van der Waals surface area contributed by atoms with Gasteiger partial charge in [-0.25, -0.2) is 4.79 Å². The number of carbonyl (C=O) groups is 1. The molecule has 1 rings (SSSR count). The highest BCUT2D eigenvalue weighted by atomic mass is 16.2. The van der Waals surface area contributed by atoms with E-state index in [-0.39, 0.29) is 5.96 Å². The molecule has 6 N–H and O–H groups in total. The number of aliphatic imine (C=N–C) groups is 1. The monoisotopic (exact) mass is 182 g/mol. The Bertz CT molecular complexity index is 299. The minimum Gasteiger partial charge on any atom is -0.370 e. The highest BCUT2D eigenvalue weighted by molar-refractivity contribution is 5.90. The fraction of sp³-hybridized carbons (Fsp3) is 0.167. The zero-order chi connectivity index (χ0) is 9.68. The molecule has 1 aromatic rings. The molecule has 0 atom stereocenters. The van der Waals surface area contributed by atoms with Gasteiger partial charge in [0.15, 0.2) is 5.96 Å². The molecule has 0 aliphatic rings. The Morgan fingerprint density at radius 1 is 1.69 bits per heavy atom. The van der Waals surface area contributed by atoms with E-state index in [2.05, 4.69) is 20.5 Å². The van der Waals surface area contributed by atoms with Crippen molar-refractivity contribution in [2.24, 2.45) is 16.5 Å². The van der Waals surface area contributed by atoms with Gasteiger partial charge in [0, 0.05) is 6.20 Å². The van der Waals surface area contributed by atoms with Gasteiger partial charge in [-0.05, 0) is 6.07 Å². The number of rotatable bonds is 2. The molecular weight excluding hydrogens is 172 g/mol. The van der Waals surface area contributed by atoms with Crippen LogP contribution in [0.15, 0.2) is 17.3 Å². The summed E-state index contributed by atoms with van der Waals surface area (Å²) in [5.41, 5.74) is 10.8. The predicted molar refractivity (Wildman–Crippen MR) is 46.6 cm³/mol. The SMILES string of the molecule is NC(N)=NC(=O)NCc1ccn[nH]1. The molecule has 0 unspecified atom stereocenters. The molecule has 7 heteroatoms. The van der Waals surface area contributed by atoms with Gasteiger partial charge in [-0.15, -0.1) is 0 Å². The van der Waals surface area contributed by atoms with Gasteiger partial charge in [0.05, 0.1) is 12.2 Å². The number of carbonyl (C=O) groups excluding carboxylic acids is 1. The first kappa shape index (κ1) is 9.04. The maximum Gasteiger partial charge on any atom is 0.344 e. The summed E-state index contributed by atoms with van der Waals surface area (Å²) in [7, 11) is 0. The smallest absolute Gasteiger partial charge is 0.344 e. The largest absolute Gasteiger partial charge is 0.370 e. The summed E-state index contributed by atoms with van der Waals surface area (Å²) in [6.45, 7) is 0.315. The molecular formula is C6H10N6O.